The molecule has 0 radical (unpaired) electrons. The van der Waals surface area contributed by atoms with Gasteiger partial charge in [-0.25, -0.2) is 4.39 Å². The fraction of sp³-hybridized carbons (Fsp3) is 0.333. The van der Waals surface area contributed by atoms with Crippen molar-refractivity contribution in [2.75, 3.05) is 13.6 Å². The summed E-state index contributed by atoms with van der Waals surface area (Å²) in [5.41, 5.74) is 2.87. The summed E-state index contributed by atoms with van der Waals surface area (Å²) in [7, 11) is 1.59. The second-order valence-electron chi connectivity index (χ2n) is 6.02. The summed E-state index contributed by atoms with van der Waals surface area (Å²) in [6.07, 6.45) is 0. The number of amides is 1. The highest BCUT2D eigenvalue weighted by Gasteiger charge is 2.22. The lowest BCUT2D eigenvalue weighted by molar-refractivity contribution is -0.141. The number of hydrogen-bond acceptors (Lipinski definition) is 2. The van der Waals surface area contributed by atoms with Gasteiger partial charge < -0.3 is 14.6 Å². The van der Waals surface area contributed by atoms with Gasteiger partial charge in [-0.05, 0) is 44.2 Å². The van der Waals surface area contributed by atoms with E-state index in [9.17, 15) is 14.0 Å². The molecule has 0 spiro atoms. The number of carbonyl (C=O) groups excluding carboxylic acids is 1. The van der Waals surface area contributed by atoms with Crippen LogP contribution in [0.25, 0.3) is 5.69 Å². The predicted molar refractivity (Wildman–Crippen MR) is 89.0 cm³/mol. The Kier molecular flexibility index (Phi) is 5.07. The SMILES string of the molecule is Cc1cc(C(=O)N(C)CC(C)C(=O)O)c(C)n1-c1ccc(F)cc1. The summed E-state index contributed by atoms with van der Waals surface area (Å²) in [6.45, 7) is 5.38. The summed E-state index contributed by atoms with van der Waals surface area (Å²) in [6, 6.07) is 7.81. The van der Waals surface area contributed by atoms with Crippen LogP contribution in [0.4, 0.5) is 4.39 Å². The zero-order valence-electron chi connectivity index (χ0n) is 14.2. The first-order chi connectivity index (χ1) is 11.2. The van der Waals surface area contributed by atoms with Gasteiger partial charge in [-0.15, -0.1) is 0 Å². The van der Waals surface area contributed by atoms with E-state index in [-0.39, 0.29) is 18.3 Å². The Morgan fingerprint density at radius 2 is 1.83 bits per heavy atom. The quantitative estimate of drug-likeness (QED) is 0.915. The van der Waals surface area contributed by atoms with Gasteiger partial charge in [0.2, 0.25) is 0 Å². The van der Waals surface area contributed by atoms with E-state index >= 15 is 0 Å². The molecule has 0 aliphatic rings. The average molecular weight is 332 g/mol. The molecule has 1 aromatic heterocycles. The number of carboxylic acids is 1. The third-order valence-corrected chi connectivity index (χ3v) is 4.06. The molecule has 2 rings (SSSR count). The van der Waals surface area contributed by atoms with Gasteiger partial charge in [-0.1, -0.05) is 6.92 Å². The molecule has 0 saturated carbocycles. The summed E-state index contributed by atoms with van der Waals surface area (Å²) in [4.78, 5) is 25.0. The molecule has 2 aromatic rings. The van der Waals surface area contributed by atoms with Crippen molar-refractivity contribution in [3.05, 3.63) is 53.1 Å². The van der Waals surface area contributed by atoms with Crippen LogP contribution in [-0.2, 0) is 4.79 Å². The second kappa shape index (κ2) is 6.86. The van der Waals surface area contributed by atoms with Crippen LogP contribution in [0, 0.1) is 25.6 Å². The number of nitrogens with zero attached hydrogens (tertiary/aromatic N) is 2. The minimum absolute atomic E-state index is 0.133. The minimum Gasteiger partial charge on any atom is -0.481 e. The van der Waals surface area contributed by atoms with Gasteiger partial charge in [0.15, 0.2) is 0 Å². The van der Waals surface area contributed by atoms with Crippen molar-refractivity contribution >= 4 is 11.9 Å². The Hall–Kier alpha value is -2.63. The Bertz CT molecular complexity index is 765. The van der Waals surface area contributed by atoms with Crippen molar-refractivity contribution in [3.8, 4) is 5.69 Å². The van der Waals surface area contributed by atoms with E-state index in [1.54, 1.807) is 32.2 Å². The third kappa shape index (κ3) is 3.48. The summed E-state index contributed by atoms with van der Waals surface area (Å²) in [5, 5.41) is 8.98. The van der Waals surface area contributed by atoms with Gasteiger partial charge in [0.1, 0.15) is 5.82 Å². The highest BCUT2D eigenvalue weighted by atomic mass is 19.1. The van der Waals surface area contributed by atoms with Crippen molar-refractivity contribution in [2.45, 2.75) is 20.8 Å². The van der Waals surface area contributed by atoms with Crippen LogP contribution in [0.5, 0.6) is 0 Å². The molecule has 5 nitrogen and oxygen atoms in total. The number of hydrogen-bond donors (Lipinski definition) is 1. The lowest BCUT2D eigenvalue weighted by atomic mass is 10.1. The number of carboxylic acid groups (broad SMARTS) is 1. The molecule has 128 valence electrons. The normalized spacial score (nSPS) is 12.0. The molecule has 0 fully saturated rings. The lowest BCUT2D eigenvalue weighted by Crippen LogP contribution is -2.33. The average Bonchev–Trinajstić information content (AvgIpc) is 2.82. The standard InChI is InChI=1S/C18H21FN2O3/c1-11(18(23)24)10-20(4)17(22)16-9-12(2)21(13(16)3)15-7-5-14(19)6-8-15/h5-9,11H,10H2,1-4H3,(H,23,24). The van der Waals surface area contributed by atoms with Crippen LogP contribution in [0.1, 0.15) is 28.7 Å². The van der Waals surface area contributed by atoms with Crippen molar-refractivity contribution in [1.29, 1.82) is 0 Å². The van der Waals surface area contributed by atoms with E-state index in [1.807, 2.05) is 18.4 Å². The van der Waals surface area contributed by atoms with Crippen molar-refractivity contribution in [2.24, 2.45) is 5.92 Å². The molecule has 1 amide bonds. The maximum atomic E-state index is 13.1. The zero-order valence-corrected chi connectivity index (χ0v) is 14.2. The molecule has 0 aliphatic heterocycles. The number of aromatic nitrogens is 1. The van der Waals surface area contributed by atoms with Crippen LogP contribution < -0.4 is 0 Å². The molecule has 1 atom stereocenters. The molecule has 1 unspecified atom stereocenters. The Morgan fingerprint density at radius 1 is 1.25 bits per heavy atom. The number of aliphatic carboxylic acids is 1. The van der Waals surface area contributed by atoms with Gasteiger partial charge in [0.05, 0.1) is 11.5 Å². The number of aryl methyl sites for hydroxylation is 1. The number of carbonyl (C=O) groups is 2. The van der Waals surface area contributed by atoms with E-state index < -0.39 is 11.9 Å². The monoisotopic (exact) mass is 332 g/mol. The van der Waals surface area contributed by atoms with Crippen LogP contribution in [-0.4, -0.2) is 40.0 Å². The van der Waals surface area contributed by atoms with E-state index in [1.165, 1.54) is 17.0 Å². The summed E-state index contributed by atoms with van der Waals surface area (Å²) < 4.78 is 15.0. The first-order valence-electron chi connectivity index (χ1n) is 7.65. The molecule has 1 aromatic carbocycles. The fourth-order valence-electron chi connectivity index (χ4n) is 2.74. The first-order valence-corrected chi connectivity index (χ1v) is 7.65. The largest absolute Gasteiger partial charge is 0.481 e. The van der Waals surface area contributed by atoms with Crippen molar-refractivity contribution in [3.63, 3.8) is 0 Å². The fourth-order valence-corrected chi connectivity index (χ4v) is 2.74. The molecule has 1 N–H and O–H groups in total. The molecule has 0 aliphatic carbocycles. The molecule has 6 heteroatoms. The summed E-state index contributed by atoms with van der Waals surface area (Å²) >= 11 is 0. The molecular weight excluding hydrogens is 311 g/mol. The number of benzene rings is 1. The molecule has 1 heterocycles. The van der Waals surface area contributed by atoms with Crippen LogP contribution in [0.2, 0.25) is 0 Å². The van der Waals surface area contributed by atoms with Gasteiger partial charge in [-0.2, -0.15) is 0 Å². The predicted octanol–water partition coefficient (Wildman–Crippen LogP) is 3.03. The second-order valence-corrected chi connectivity index (χ2v) is 6.02. The van der Waals surface area contributed by atoms with Crippen LogP contribution in [0.3, 0.4) is 0 Å². The first kappa shape index (κ1) is 17.7. The van der Waals surface area contributed by atoms with E-state index in [4.69, 9.17) is 5.11 Å². The Balaban J connectivity index is 2.32. The highest BCUT2D eigenvalue weighted by molar-refractivity contribution is 5.96. The number of rotatable bonds is 5. The van der Waals surface area contributed by atoms with Crippen LogP contribution in [0.15, 0.2) is 30.3 Å². The van der Waals surface area contributed by atoms with Crippen LogP contribution >= 0.6 is 0 Å². The summed E-state index contributed by atoms with van der Waals surface area (Å²) in [5.74, 6) is -2.13. The van der Waals surface area contributed by atoms with E-state index in [0.717, 1.165) is 17.1 Å². The molecular formula is C18H21FN2O3. The highest BCUT2D eigenvalue weighted by Crippen LogP contribution is 2.22. The molecule has 0 bridgehead atoms. The molecule has 0 saturated heterocycles. The maximum Gasteiger partial charge on any atom is 0.308 e. The Labute approximate surface area is 140 Å². The maximum absolute atomic E-state index is 13.1. The Morgan fingerprint density at radius 3 is 2.38 bits per heavy atom. The third-order valence-electron chi connectivity index (χ3n) is 4.06. The van der Waals surface area contributed by atoms with Gasteiger partial charge in [0.25, 0.3) is 5.91 Å². The van der Waals surface area contributed by atoms with Crippen molar-refractivity contribution in [1.82, 2.24) is 9.47 Å². The lowest BCUT2D eigenvalue weighted by Gasteiger charge is -2.19. The van der Waals surface area contributed by atoms with E-state index in [0.29, 0.717) is 5.56 Å². The van der Waals surface area contributed by atoms with Gasteiger partial charge >= 0.3 is 5.97 Å². The van der Waals surface area contributed by atoms with Gasteiger partial charge in [-0.3, -0.25) is 9.59 Å². The smallest absolute Gasteiger partial charge is 0.308 e. The van der Waals surface area contributed by atoms with Gasteiger partial charge in [0, 0.05) is 30.7 Å². The molecule has 24 heavy (non-hydrogen) atoms. The van der Waals surface area contributed by atoms with E-state index in [2.05, 4.69) is 0 Å². The topological polar surface area (TPSA) is 62.5 Å². The van der Waals surface area contributed by atoms with Crippen molar-refractivity contribution < 1.29 is 19.1 Å². The number of halogens is 1. The minimum atomic E-state index is -0.938. The zero-order chi connectivity index (χ0) is 18.0.